The quantitative estimate of drug-likeness (QED) is 0.920. The lowest BCUT2D eigenvalue weighted by molar-refractivity contribution is 0.203. The highest BCUT2D eigenvalue weighted by atomic mass is 79.9. The molecule has 0 aromatic heterocycles. The van der Waals surface area contributed by atoms with Crippen LogP contribution in [0.15, 0.2) is 22.7 Å². The highest BCUT2D eigenvalue weighted by Gasteiger charge is 2.34. The van der Waals surface area contributed by atoms with Gasteiger partial charge in [-0.25, -0.2) is 0 Å². The van der Waals surface area contributed by atoms with Gasteiger partial charge in [-0.3, -0.25) is 4.90 Å². The minimum Gasteiger partial charge on any atom is -0.365 e. The lowest BCUT2D eigenvalue weighted by Gasteiger charge is -2.44. The average Bonchev–Trinajstić information content (AvgIpc) is 2.86. The largest absolute Gasteiger partial charge is 0.365 e. The molecule has 2 aliphatic rings. The fourth-order valence-electron chi connectivity index (χ4n) is 3.63. The van der Waals surface area contributed by atoms with Crippen molar-refractivity contribution in [2.45, 2.75) is 38.3 Å². The molecule has 0 bridgehead atoms. The van der Waals surface area contributed by atoms with E-state index in [-0.39, 0.29) is 0 Å². The Bertz CT molecular complexity index is 477. The van der Waals surface area contributed by atoms with Gasteiger partial charge in [0, 0.05) is 29.6 Å². The molecule has 2 atom stereocenters. The lowest BCUT2D eigenvalue weighted by Crippen LogP contribution is -2.55. The monoisotopic (exact) mass is 337 g/mol. The Labute approximate surface area is 130 Å². The van der Waals surface area contributed by atoms with Crippen LogP contribution in [0.25, 0.3) is 0 Å². The molecule has 0 spiro atoms. The number of anilines is 1. The lowest BCUT2D eigenvalue weighted by atomic mass is 10.1. The zero-order valence-corrected chi connectivity index (χ0v) is 13.8. The van der Waals surface area contributed by atoms with Crippen LogP contribution in [0, 0.1) is 0 Å². The maximum Gasteiger partial charge on any atom is 0.0514 e. The first-order valence-corrected chi connectivity index (χ1v) is 8.47. The van der Waals surface area contributed by atoms with Crippen molar-refractivity contribution in [3.63, 3.8) is 0 Å². The fraction of sp³-hybridized carbons (Fsp3) is 0.625. The molecule has 2 saturated heterocycles. The summed E-state index contributed by atoms with van der Waals surface area (Å²) in [7, 11) is 0. The topological polar surface area (TPSA) is 32.5 Å². The third-order valence-corrected chi connectivity index (χ3v) is 5.33. The normalized spacial score (nSPS) is 26.9. The van der Waals surface area contributed by atoms with Crippen LogP contribution >= 0.6 is 15.9 Å². The van der Waals surface area contributed by atoms with Crippen LogP contribution < -0.4 is 10.6 Å². The smallest absolute Gasteiger partial charge is 0.0514 e. The maximum atomic E-state index is 5.64. The Hall–Kier alpha value is -0.580. The summed E-state index contributed by atoms with van der Waals surface area (Å²) in [6.45, 7) is 6.70. The summed E-state index contributed by atoms with van der Waals surface area (Å²) >= 11 is 3.76. The minimum absolute atomic E-state index is 0.584. The van der Waals surface area contributed by atoms with Crippen LogP contribution in [0.4, 0.5) is 5.69 Å². The van der Waals surface area contributed by atoms with E-state index in [2.05, 4.69) is 50.9 Å². The van der Waals surface area contributed by atoms with E-state index >= 15 is 0 Å². The van der Waals surface area contributed by atoms with Gasteiger partial charge < -0.3 is 10.6 Å². The predicted molar refractivity (Wildman–Crippen MR) is 88.3 cm³/mol. The van der Waals surface area contributed by atoms with Gasteiger partial charge in [0.2, 0.25) is 0 Å². The molecule has 4 heteroatoms. The molecule has 3 nitrogen and oxygen atoms in total. The molecule has 110 valence electrons. The van der Waals surface area contributed by atoms with Crippen molar-refractivity contribution in [1.29, 1.82) is 0 Å². The zero-order chi connectivity index (χ0) is 14.1. The second kappa shape index (κ2) is 6.04. The van der Waals surface area contributed by atoms with E-state index in [1.165, 1.54) is 41.7 Å². The van der Waals surface area contributed by atoms with Gasteiger partial charge in [0.05, 0.1) is 5.69 Å². The van der Waals surface area contributed by atoms with Crippen molar-refractivity contribution in [1.82, 2.24) is 4.90 Å². The highest BCUT2D eigenvalue weighted by molar-refractivity contribution is 9.10. The van der Waals surface area contributed by atoms with E-state index in [9.17, 15) is 0 Å². The number of nitrogens with zero attached hydrogens (tertiary/aromatic N) is 2. The SMILES string of the molecule is CC1CN2CCCC2CN1c1ccc(CCN)cc1Br. The third-order valence-electron chi connectivity index (χ3n) is 4.69. The van der Waals surface area contributed by atoms with Crippen LogP contribution in [-0.2, 0) is 6.42 Å². The van der Waals surface area contributed by atoms with E-state index in [0.717, 1.165) is 19.0 Å². The molecule has 0 saturated carbocycles. The van der Waals surface area contributed by atoms with E-state index in [0.29, 0.717) is 12.6 Å². The van der Waals surface area contributed by atoms with Gasteiger partial charge in [-0.1, -0.05) is 6.07 Å². The van der Waals surface area contributed by atoms with Gasteiger partial charge in [0.25, 0.3) is 0 Å². The summed E-state index contributed by atoms with van der Waals surface area (Å²) in [6.07, 6.45) is 3.67. The number of nitrogens with two attached hydrogens (primary N) is 1. The molecule has 3 rings (SSSR count). The molecule has 1 aromatic rings. The molecule has 2 heterocycles. The Balaban J connectivity index is 1.81. The molecule has 2 unspecified atom stereocenters. The maximum absolute atomic E-state index is 5.64. The van der Waals surface area contributed by atoms with Crippen molar-refractivity contribution in [3.05, 3.63) is 28.2 Å². The van der Waals surface area contributed by atoms with Gasteiger partial charge in [0.1, 0.15) is 0 Å². The van der Waals surface area contributed by atoms with Crippen LogP contribution in [0.3, 0.4) is 0 Å². The number of piperazine rings is 1. The molecular weight excluding hydrogens is 314 g/mol. The second-order valence-corrected chi connectivity index (χ2v) is 6.97. The molecule has 2 aliphatic heterocycles. The number of rotatable bonds is 3. The Morgan fingerprint density at radius 1 is 1.35 bits per heavy atom. The molecule has 0 radical (unpaired) electrons. The molecule has 2 fully saturated rings. The average molecular weight is 338 g/mol. The zero-order valence-electron chi connectivity index (χ0n) is 12.2. The third kappa shape index (κ3) is 2.74. The van der Waals surface area contributed by atoms with Crippen molar-refractivity contribution in [3.8, 4) is 0 Å². The van der Waals surface area contributed by atoms with Crippen LogP contribution in [0.1, 0.15) is 25.3 Å². The van der Waals surface area contributed by atoms with Gasteiger partial charge in [-0.05, 0) is 72.9 Å². The first-order chi connectivity index (χ1) is 9.69. The molecule has 20 heavy (non-hydrogen) atoms. The standard InChI is InChI=1S/C16H24BrN3/c1-12-10-19-8-2-3-14(19)11-20(12)16-5-4-13(6-7-18)9-15(16)17/h4-5,9,12,14H,2-3,6-8,10-11,18H2,1H3. The van der Waals surface area contributed by atoms with Crippen molar-refractivity contribution < 1.29 is 0 Å². The van der Waals surface area contributed by atoms with Gasteiger partial charge in [0.15, 0.2) is 0 Å². The van der Waals surface area contributed by atoms with Crippen molar-refractivity contribution in [2.75, 3.05) is 31.1 Å². The van der Waals surface area contributed by atoms with E-state index in [4.69, 9.17) is 5.73 Å². The summed E-state index contributed by atoms with van der Waals surface area (Å²) in [5.41, 5.74) is 8.29. The second-order valence-electron chi connectivity index (χ2n) is 6.12. The van der Waals surface area contributed by atoms with Crippen LogP contribution in [0.5, 0.6) is 0 Å². The number of hydrogen-bond acceptors (Lipinski definition) is 3. The summed E-state index contributed by atoms with van der Waals surface area (Å²) in [6, 6.07) is 8.05. The van der Waals surface area contributed by atoms with Crippen LogP contribution in [-0.4, -0.2) is 43.2 Å². The predicted octanol–water partition coefficient (Wildman–Crippen LogP) is 2.62. The van der Waals surface area contributed by atoms with Crippen molar-refractivity contribution in [2.24, 2.45) is 5.73 Å². The first kappa shape index (κ1) is 14.4. The summed E-state index contributed by atoms with van der Waals surface area (Å²) in [5.74, 6) is 0. The number of fused-ring (bicyclic) bond motifs is 1. The number of benzene rings is 1. The van der Waals surface area contributed by atoms with E-state index < -0.39 is 0 Å². The summed E-state index contributed by atoms with van der Waals surface area (Å²) in [5, 5.41) is 0. The van der Waals surface area contributed by atoms with Gasteiger partial charge in [-0.15, -0.1) is 0 Å². The highest BCUT2D eigenvalue weighted by Crippen LogP contribution is 2.33. The molecule has 0 amide bonds. The van der Waals surface area contributed by atoms with Gasteiger partial charge >= 0.3 is 0 Å². The molecule has 2 N–H and O–H groups in total. The van der Waals surface area contributed by atoms with Crippen molar-refractivity contribution >= 4 is 21.6 Å². The molecule has 1 aromatic carbocycles. The number of hydrogen-bond donors (Lipinski definition) is 1. The Kier molecular flexibility index (Phi) is 4.34. The summed E-state index contributed by atoms with van der Waals surface area (Å²) < 4.78 is 1.21. The Morgan fingerprint density at radius 2 is 2.20 bits per heavy atom. The molecular formula is C16H24BrN3. The van der Waals surface area contributed by atoms with Crippen LogP contribution in [0.2, 0.25) is 0 Å². The minimum atomic E-state index is 0.584. The fourth-order valence-corrected chi connectivity index (χ4v) is 4.28. The summed E-state index contributed by atoms with van der Waals surface area (Å²) in [4.78, 5) is 5.24. The number of halogens is 1. The van der Waals surface area contributed by atoms with E-state index in [1.54, 1.807) is 0 Å². The Morgan fingerprint density at radius 3 is 2.95 bits per heavy atom. The van der Waals surface area contributed by atoms with Gasteiger partial charge in [-0.2, -0.15) is 0 Å². The molecule has 0 aliphatic carbocycles. The first-order valence-electron chi connectivity index (χ1n) is 7.68. The van der Waals surface area contributed by atoms with E-state index in [1.807, 2.05) is 0 Å².